The molecule has 0 radical (unpaired) electrons. The average Bonchev–Trinajstić information content (AvgIpc) is 2.28. The average molecular weight is 236 g/mol. The summed E-state index contributed by atoms with van der Waals surface area (Å²) < 4.78 is 0. The van der Waals surface area contributed by atoms with E-state index in [2.05, 4.69) is 44.6 Å². The van der Waals surface area contributed by atoms with Gasteiger partial charge in [0, 0.05) is 12.4 Å². The highest BCUT2D eigenvalue weighted by Gasteiger charge is 2.11. The molecule has 0 atom stereocenters. The van der Waals surface area contributed by atoms with Gasteiger partial charge in [-0.3, -0.25) is 9.97 Å². The Balaban J connectivity index is 0.00000121. The summed E-state index contributed by atoms with van der Waals surface area (Å²) in [5.74, 6) is 0.465. The van der Waals surface area contributed by atoms with E-state index in [1.807, 2.05) is 26.2 Å². The summed E-state index contributed by atoms with van der Waals surface area (Å²) in [6, 6.07) is 0. The predicted molar refractivity (Wildman–Crippen MR) is 75.2 cm³/mol. The van der Waals surface area contributed by atoms with Crippen LogP contribution in [0.25, 0.3) is 0 Å². The fourth-order valence-corrected chi connectivity index (χ4v) is 1.32. The molecule has 1 aromatic rings. The van der Waals surface area contributed by atoms with Crippen LogP contribution in [0.2, 0.25) is 0 Å². The van der Waals surface area contributed by atoms with Gasteiger partial charge in [-0.05, 0) is 24.2 Å². The topological polar surface area (TPSA) is 25.8 Å². The highest BCUT2D eigenvalue weighted by atomic mass is 14.8. The molecule has 0 aromatic carbocycles. The molecule has 2 nitrogen and oxygen atoms in total. The van der Waals surface area contributed by atoms with Gasteiger partial charge in [-0.1, -0.05) is 48.5 Å². The summed E-state index contributed by atoms with van der Waals surface area (Å²) in [5, 5.41) is 0. The Bertz CT molecular complexity index is 311. The van der Waals surface area contributed by atoms with Crippen molar-refractivity contribution < 1.29 is 0 Å². The van der Waals surface area contributed by atoms with Crippen LogP contribution < -0.4 is 0 Å². The number of hydrogen-bond donors (Lipinski definition) is 0. The SMILES string of the molecule is CC.CC(C)c1cncc(CCC(C)(C)C)n1. The van der Waals surface area contributed by atoms with Gasteiger partial charge in [0.25, 0.3) is 0 Å². The Hall–Kier alpha value is -0.920. The molecule has 2 heteroatoms. The number of rotatable bonds is 3. The second kappa shape index (κ2) is 7.41. The van der Waals surface area contributed by atoms with E-state index in [1.54, 1.807) is 0 Å². The van der Waals surface area contributed by atoms with Crippen molar-refractivity contribution in [1.29, 1.82) is 0 Å². The highest BCUT2D eigenvalue weighted by molar-refractivity contribution is 5.06. The first-order valence-corrected chi connectivity index (χ1v) is 6.69. The minimum atomic E-state index is 0.371. The molecule has 17 heavy (non-hydrogen) atoms. The van der Waals surface area contributed by atoms with Crippen LogP contribution in [-0.2, 0) is 6.42 Å². The molecule has 0 aliphatic rings. The minimum absolute atomic E-state index is 0.371. The summed E-state index contributed by atoms with van der Waals surface area (Å²) in [6.07, 6.45) is 5.93. The van der Waals surface area contributed by atoms with E-state index >= 15 is 0 Å². The lowest BCUT2D eigenvalue weighted by Crippen LogP contribution is -2.08. The summed E-state index contributed by atoms with van der Waals surface area (Å²) in [7, 11) is 0. The van der Waals surface area contributed by atoms with Crippen molar-refractivity contribution in [2.45, 2.75) is 67.2 Å². The Labute approximate surface area is 107 Å². The first kappa shape index (κ1) is 16.1. The smallest absolute Gasteiger partial charge is 0.0615 e. The Kier molecular flexibility index (Phi) is 7.01. The van der Waals surface area contributed by atoms with Crippen LogP contribution in [0.15, 0.2) is 12.4 Å². The Morgan fingerprint density at radius 1 is 1.12 bits per heavy atom. The molecule has 98 valence electrons. The lowest BCUT2D eigenvalue weighted by atomic mass is 9.90. The molecule has 0 aliphatic heterocycles. The third kappa shape index (κ3) is 7.09. The van der Waals surface area contributed by atoms with E-state index in [1.165, 1.54) is 0 Å². The standard InChI is InChI=1S/C13H22N2.C2H6/c1-10(2)12-9-14-8-11(15-12)6-7-13(3,4)5;1-2/h8-10H,6-7H2,1-5H3;1-2H3. The van der Waals surface area contributed by atoms with Crippen molar-refractivity contribution in [2.24, 2.45) is 5.41 Å². The second-order valence-electron chi connectivity index (χ2n) is 5.65. The quantitative estimate of drug-likeness (QED) is 0.766. The maximum atomic E-state index is 4.61. The first-order valence-electron chi connectivity index (χ1n) is 6.69. The van der Waals surface area contributed by atoms with Crippen molar-refractivity contribution in [3.8, 4) is 0 Å². The van der Waals surface area contributed by atoms with Gasteiger partial charge in [-0.2, -0.15) is 0 Å². The van der Waals surface area contributed by atoms with Crippen LogP contribution in [0, 0.1) is 5.41 Å². The van der Waals surface area contributed by atoms with Gasteiger partial charge in [0.1, 0.15) is 0 Å². The van der Waals surface area contributed by atoms with Gasteiger partial charge in [0.2, 0.25) is 0 Å². The zero-order chi connectivity index (χ0) is 13.5. The Morgan fingerprint density at radius 3 is 2.18 bits per heavy atom. The molecule has 0 spiro atoms. The van der Waals surface area contributed by atoms with Gasteiger partial charge in [0.15, 0.2) is 0 Å². The maximum Gasteiger partial charge on any atom is 0.0615 e. The van der Waals surface area contributed by atoms with Crippen LogP contribution in [-0.4, -0.2) is 9.97 Å². The maximum absolute atomic E-state index is 4.61. The normalized spacial score (nSPS) is 11.1. The van der Waals surface area contributed by atoms with Crippen LogP contribution in [0.1, 0.15) is 72.2 Å². The molecule has 1 heterocycles. The van der Waals surface area contributed by atoms with Gasteiger partial charge in [-0.25, -0.2) is 0 Å². The van der Waals surface area contributed by atoms with Gasteiger partial charge in [0.05, 0.1) is 11.4 Å². The van der Waals surface area contributed by atoms with Crippen LogP contribution >= 0.6 is 0 Å². The van der Waals surface area contributed by atoms with Gasteiger partial charge < -0.3 is 0 Å². The number of hydrogen-bond acceptors (Lipinski definition) is 2. The molecule has 0 fully saturated rings. The van der Waals surface area contributed by atoms with Gasteiger partial charge in [-0.15, -0.1) is 0 Å². The van der Waals surface area contributed by atoms with Gasteiger partial charge >= 0.3 is 0 Å². The zero-order valence-electron chi connectivity index (χ0n) is 12.5. The number of nitrogens with zero attached hydrogens (tertiary/aromatic N) is 2. The fraction of sp³-hybridized carbons (Fsp3) is 0.733. The van der Waals surface area contributed by atoms with Crippen molar-refractivity contribution in [1.82, 2.24) is 9.97 Å². The van der Waals surface area contributed by atoms with E-state index in [4.69, 9.17) is 0 Å². The minimum Gasteiger partial charge on any atom is -0.261 e. The van der Waals surface area contributed by atoms with E-state index in [9.17, 15) is 0 Å². The van der Waals surface area contributed by atoms with E-state index in [0.717, 1.165) is 24.2 Å². The van der Waals surface area contributed by atoms with Crippen molar-refractivity contribution in [2.75, 3.05) is 0 Å². The van der Waals surface area contributed by atoms with Crippen molar-refractivity contribution >= 4 is 0 Å². The molecular weight excluding hydrogens is 208 g/mol. The summed E-state index contributed by atoms with van der Waals surface area (Å²) in [4.78, 5) is 8.86. The first-order chi connectivity index (χ1) is 7.88. The molecule has 1 aromatic heterocycles. The van der Waals surface area contributed by atoms with Crippen LogP contribution in [0.4, 0.5) is 0 Å². The fourth-order valence-electron chi connectivity index (χ4n) is 1.32. The largest absolute Gasteiger partial charge is 0.261 e. The number of aromatic nitrogens is 2. The molecule has 0 N–H and O–H groups in total. The number of aryl methyl sites for hydroxylation is 1. The lowest BCUT2D eigenvalue weighted by Gasteiger charge is -2.17. The predicted octanol–water partition coefficient (Wildman–Crippen LogP) is 4.60. The summed E-state index contributed by atoms with van der Waals surface area (Å²) >= 11 is 0. The summed E-state index contributed by atoms with van der Waals surface area (Å²) in [6.45, 7) is 15.1. The van der Waals surface area contributed by atoms with Crippen molar-refractivity contribution in [3.05, 3.63) is 23.8 Å². The Morgan fingerprint density at radius 2 is 1.71 bits per heavy atom. The highest BCUT2D eigenvalue weighted by Crippen LogP contribution is 2.21. The van der Waals surface area contributed by atoms with Crippen molar-refractivity contribution in [3.63, 3.8) is 0 Å². The van der Waals surface area contributed by atoms with E-state index < -0.39 is 0 Å². The van der Waals surface area contributed by atoms with Crippen LogP contribution in [0.3, 0.4) is 0 Å². The molecule has 0 aliphatic carbocycles. The third-order valence-corrected chi connectivity index (χ3v) is 2.43. The summed E-state index contributed by atoms with van der Waals surface area (Å²) in [5.41, 5.74) is 2.59. The monoisotopic (exact) mass is 236 g/mol. The van der Waals surface area contributed by atoms with E-state index in [-0.39, 0.29) is 0 Å². The molecule has 0 bridgehead atoms. The van der Waals surface area contributed by atoms with E-state index in [0.29, 0.717) is 11.3 Å². The molecule has 0 saturated heterocycles. The van der Waals surface area contributed by atoms with Crippen LogP contribution in [0.5, 0.6) is 0 Å². The molecular formula is C15H28N2. The second-order valence-corrected chi connectivity index (χ2v) is 5.65. The lowest BCUT2D eigenvalue weighted by molar-refractivity contribution is 0.376. The molecule has 1 rings (SSSR count). The molecule has 0 unspecified atom stereocenters. The third-order valence-electron chi connectivity index (χ3n) is 2.43. The molecule has 0 amide bonds. The zero-order valence-corrected chi connectivity index (χ0v) is 12.5. The molecule has 0 saturated carbocycles.